The van der Waals surface area contributed by atoms with E-state index in [0.29, 0.717) is 4.88 Å². The first-order valence-corrected chi connectivity index (χ1v) is 11.1. The van der Waals surface area contributed by atoms with Crippen LogP contribution in [0.5, 0.6) is 0 Å². The van der Waals surface area contributed by atoms with E-state index in [1.165, 1.54) is 6.07 Å². The second-order valence-corrected chi connectivity index (χ2v) is 8.93. The summed E-state index contributed by atoms with van der Waals surface area (Å²) in [4.78, 5) is 31.0. The Kier molecular flexibility index (Phi) is 4.37. The molecule has 0 amide bonds. The summed E-state index contributed by atoms with van der Waals surface area (Å²) in [5, 5.41) is 1.55. The monoisotopic (exact) mass is 474 g/mol. The largest absolute Gasteiger partial charge is 0.490 e. The van der Waals surface area contributed by atoms with Crippen LogP contribution >= 0.6 is 11.3 Å². The normalized spacial score (nSPS) is 13.8. The number of hydrogen-bond acceptors (Lipinski definition) is 4. The van der Waals surface area contributed by atoms with E-state index in [1.54, 1.807) is 24.3 Å². The number of halogens is 3. The first kappa shape index (κ1) is 20.6. The maximum atomic E-state index is 14.1. The van der Waals surface area contributed by atoms with Crippen molar-refractivity contribution < 1.29 is 22.8 Å². The summed E-state index contributed by atoms with van der Waals surface area (Å²) < 4.78 is 42.3. The Bertz CT molecular complexity index is 1620. The number of hydrogen-bond donors (Lipinski definition) is 0. The molecular formula is C26H13F3N2O2S. The van der Waals surface area contributed by atoms with E-state index in [0.717, 1.165) is 33.7 Å². The van der Waals surface area contributed by atoms with Gasteiger partial charge in [-0.3, -0.25) is 9.59 Å². The molecule has 0 bridgehead atoms. The van der Waals surface area contributed by atoms with Crippen molar-refractivity contribution in [2.24, 2.45) is 0 Å². The molecule has 4 nitrogen and oxygen atoms in total. The Morgan fingerprint density at radius 2 is 1.41 bits per heavy atom. The van der Waals surface area contributed by atoms with Gasteiger partial charge in [0.15, 0.2) is 11.6 Å². The van der Waals surface area contributed by atoms with E-state index in [9.17, 15) is 22.8 Å². The quantitative estimate of drug-likeness (QED) is 0.208. The van der Waals surface area contributed by atoms with Gasteiger partial charge in [0.25, 0.3) is 0 Å². The third kappa shape index (κ3) is 3.10. The number of Topliss-reactive ketones (excluding diaryl/α,β-unsaturated/α-hetero) is 2. The van der Waals surface area contributed by atoms with Crippen molar-refractivity contribution in [3.8, 4) is 10.4 Å². The highest BCUT2D eigenvalue weighted by molar-refractivity contribution is 7.21. The number of thiophene rings is 1. The number of rotatable bonds is 2. The van der Waals surface area contributed by atoms with Gasteiger partial charge in [-0.2, -0.15) is 0 Å². The number of imidazole rings is 1. The van der Waals surface area contributed by atoms with Gasteiger partial charge in [0.1, 0.15) is 10.7 Å². The molecule has 34 heavy (non-hydrogen) atoms. The van der Waals surface area contributed by atoms with Crippen LogP contribution in [0.15, 0.2) is 78.4 Å². The maximum Gasteiger partial charge on any atom is 0.490 e. The van der Waals surface area contributed by atoms with Gasteiger partial charge in [-0.1, -0.05) is 54.6 Å². The van der Waals surface area contributed by atoms with E-state index >= 15 is 0 Å². The molecule has 1 aliphatic carbocycles. The molecule has 0 radical (unpaired) electrons. The summed E-state index contributed by atoms with van der Waals surface area (Å²) in [6.45, 7) is 0. The minimum Gasteiger partial charge on any atom is -0.288 e. The zero-order valence-corrected chi connectivity index (χ0v) is 18.1. The minimum absolute atomic E-state index is 0.121. The van der Waals surface area contributed by atoms with Crippen molar-refractivity contribution in [1.82, 2.24) is 9.55 Å². The predicted octanol–water partition coefficient (Wildman–Crippen LogP) is 6.86. The third-order valence-electron chi connectivity index (χ3n) is 5.83. The second-order valence-electron chi connectivity index (χ2n) is 7.90. The van der Waals surface area contributed by atoms with Gasteiger partial charge in [0, 0.05) is 16.0 Å². The molecule has 2 heterocycles. The van der Waals surface area contributed by atoms with E-state index in [2.05, 4.69) is 4.98 Å². The van der Waals surface area contributed by atoms with Crippen LogP contribution < -0.4 is 0 Å². The van der Waals surface area contributed by atoms with Crippen molar-refractivity contribution in [3.05, 3.63) is 95.3 Å². The van der Waals surface area contributed by atoms with E-state index < -0.39 is 23.7 Å². The fourth-order valence-corrected chi connectivity index (χ4v) is 5.29. The maximum absolute atomic E-state index is 14.1. The lowest BCUT2D eigenvalue weighted by Crippen LogP contribution is -2.18. The molecule has 5 aromatic rings. The summed E-state index contributed by atoms with van der Waals surface area (Å²) in [7, 11) is 0. The zero-order valence-electron chi connectivity index (χ0n) is 17.3. The molecule has 0 fully saturated rings. The smallest absolute Gasteiger partial charge is 0.288 e. The Hall–Kier alpha value is -4.04. The molecule has 0 unspecified atom stereocenters. The number of benzene rings is 3. The zero-order chi connectivity index (χ0) is 23.6. The van der Waals surface area contributed by atoms with Crippen LogP contribution in [-0.2, 0) is 6.30 Å². The molecule has 1 aliphatic rings. The van der Waals surface area contributed by atoms with Crippen molar-refractivity contribution in [2.45, 2.75) is 6.30 Å². The molecule has 0 atom stereocenters. The lowest BCUT2D eigenvalue weighted by atomic mass is 10.0. The highest BCUT2D eigenvalue weighted by Gasteiger charge is 2.38. The molecule has 0 aliphatic heterocycles. The fraction of sp³-hybridized carbons (Fsp3) is 0.0385. The van der Waals surface area contributed by atoms with Crippen LogP contribution in [0.4, 0.5) is 13.2 Å². The fourth-order valence-electron chi connectivity index (χ4n) is 4.27. The lowest BCUT2D eigenvalue weighted by Gasteiger charge is -2.10. The average molecular weight is 474 g/mol. The molecule has 3 aromatic carbocycles. The number of aromatic nitrogens is 2. The second kappa shape index (κ2) is 7.23. The van der Waals surface area contributed by atoms with Gasteiger partial charge in [0.2, 0.25) is 0 Å². The van der Waals surface area contributed by atoms with Crippen LogP contribution in [0.3, 0.4) is 0 Å². The lowest BCUT2D eigenvalue weighted by molar-refractivity contribution is -0.201. The van der Waals surface area contributed by atoms with Crippen molar-refractivity contribution in [1.29, 1.82) is 0 Å². The highest BCUT2D eigenvalue weighted by atomic mass is 32.1. The number of nitrogens with zero attached hydrogens (tertiary/aromatic N) is 2. The SMILES string of the molecule is O=C1C(=Cc2nc3sc(-c4ccccc4)cc3n2C(F)(F)F)C(=O)c2cc3ccccc3cc21. The molecule has 0 N–H and O–H groups in total. The number of fused-ring (bicyclic) bond motifs is 3. The highest BCUT2D eigenvalue weighted by Crippen LogP contribution is 2.39. The molecule has 6 rings (SSSR count). The van der Waals surface area contributed by atoms with Crippen LogP contribution in [-0.4, -0.2) is 21.1 Å². The Morgan fingerprint density at radius 1 is 0.824 bits per heavy atom. The summed E-state index contributed by atoms with van der Waals surface area (Å²) in [6, 6.07) is 20.9. The summed E-state index contributed by atoms with van der Waals surface area (Å²) in [5.74, 6) is -1.70. The third-order valence-corrected chi connectivity index (χ3v) is 6.90. The number of carbonyl (C=O) groups excluding carboxylic acids is 2. The van der Waals surface area contributed by atoms with Gasteiger partial charge in [-0.15, -0.1) is 24.5 Å². The number of carbonyl (C=O) groups is 2. The van der Waals surface area contributed by atoms with E-state index in [1.807, 2.05) is 42.5 Å². The number of allylic oxidation sites excluding steroid dienone is 1. The summed E-state index contributed by atoms with van der Waals surface area (Å²) in [6.07, 6.45) is -3.83. The molecule has 0 saturated carbocycles. The van der Waals surface area contributed by atoms with Gasteiger partial charge in [0.05, 0.1) is 11.1 Å². The van der Waals surface area contributed by atoms with Crippen LogP contribution in [0, 0.1) is 0 Å². The first-order chi connectivity index (χ1) is 16.3. The van der Waals surface area contributed by atoms with Gasteiger partial charge >= 0.3 is 6.30 Å². The van der Waals surface area contributed by atoms with E-state index in [4.69, 9.17) is 0 Å². The van der Waals surface area contributed by atoms with Crippen molar-refractivity contribution in [2.75, 3.05) is 0 Å². The van der Waals surface area contributed by atoms with Gasteiger partial charge in [-0.05, 0) is 40.6 Å². The van der Waals surface area contributed by atoms with E-state index in [-0.39, 0.29) is 31.6 Å². The topological polar surface area (TPSA) is 52.0 Å². The number of ketones is 2. The predicted molar refractivity (Wildman–Crippen MR) is 125 cm³/mol. The van der Waals surface area contributed by atoms with Crippen molar-refractivity contribution in [3.63, 3.8) is 0 Å². The van der Waals surface area contributed by atoms with Crippen molar-refractivity contribution >= 4 is 50.1 Å². The van der Waals surface area contributed by atoms with Gasteiger partial charge in [-0.25, -0.2) is 9.55 Å². The van der Waals surface area contributed by atoms with Gasteiger partial charge < -0.3 is 0 Å². The minimum atomic E-state index is -4.79. The standard InChI is InChI=1S/C26H13F3N2O2S/c27-26(28,29)31-20-13-21(14-6-2-1-3-7-14)34-25(20)30-22(31)12-19-23(32)17-10-15-8-4-5-9-16(15)11-18(17)24(19)33/h1-13H. The summed E-state index contributed by atoms with van der Waals surface area (Å²) >= 11 is 1.12. The summed E-state index contributed by atoms with van der Waals surface area (Å²) in [5.41, 5.74) is 0.713. The molecule has 0 spiro atoms. The van der Waals surface area contributed by atoms with Crippen LogP contribution in [0.25, 0.3) is 37.6 Å². The molecule has 166 valence electrons. The van der Waals surface area contributed by atoms with Crippen LogP contribution in [0.1, 0.15) is 26.5 Å². The average Bonchev–Trinajstić information content (AvgIpc) is 3.44. The molecular weight excluding hydrogens is 461 g/mol. The Labute approximate surface area is 194 Å². The molecule has 2 aromatic heterocycles. The Balaban J connectivity index is 1.50. The Morgan fingerprint density at radius 3 is 2.00 bits per heavy atom. The van der Waals surface area contributed by atoms with Crippen LogP contribution in [0.2, 0.25) is 0 Å². The number of alkyl halides is 3. The molecule has 0 saturated heterocycles. The molecule has 8 heteroatoms. The first-order valence-electron chi connectivity index (χ1n) is 10.3.